The number of rotatable bonds is 3. The maximum Gasteiger partial charge on any atom is 0.151 e. The summed E-state index contributed by atoms with van der Waals surface area (Å²) in [4.78, 5) is 13.9. The summed E-state index contributed by atoms with van der Waals surface area (Å²) >= 11 is 0. The van der Waals surface area contributed by atoms with E-state index in [1.807, 2.05) is 7.05 Å². The van der Waals surface area contributed by atoms with E-state index in [1.54, 1.807) is 0 Å². The van der Waals surface area contributed by atoms with Gasteiger partial charge in [-0.1, -0.05) is 13.8 Å². The van der Waals surface area contributed by atoms with Gasteiger partial charge in [-0.15, -0.1) is 0 Å². The lowest BCUT2D eigenvalue weighted by atomic mass is 10.00. The van der Waals surface area contributed by atoms with Crippen LogP contribution < -0.4 is 5.32 Å². The van der Waals surface area contributed by atoms with Gasteiger partial charge in [-0.2, -0.15) is 0 Å². The van der Waals surface area contributed by atoms with Crippen molar-refractivity contribution in [2.24, 2.45) is 5.92 Å². The van der Waals surface area contributed by atoms with Gasteiger partial charge in [-0.25, -0.2) is 0 Å². The third-order valence-corrected chi connectivity index (χ3v) is 2.49. The fourth-order valence-electron chi connectivity index (χ4n) is 1.70. The molecule has 1 aliphatic rings. The minimum atomic E-state index is 0.108. The number of hydrogen-bond acceptors (Lipinski definition) is 3. The van der Waals surface area contributed by atoms with Crippen molar-refractivity contribution in [1.82, 2.24) is 10.2 Å². The van der Waals surface area contributed by atoms with Gasteiger partial charge in [-0.3, -0.25) is 9.69 Å². The lowest BCUT2D eigenvalue weighted by Gasteiger charge is -2.32. The second-order valence-corrected chi connectivity index (χ2v) is 4.26. The Morgan fingerprint density at radius 2 is 2.31 bits per heavy atom. The van der Waals surface area contributed by atoms with Crippen molar-refractivity contribution in [1.29, 1.82) is 0 Å². The average molecular weight is 184 g/mol. The van der Waals surface area contributed by atoms with E-state index < -0.39 is 0 Å². The number of Topliss-reactive ketones (excluding diaryl/α,β-unsaturated/α-hetero) is 1. The second-order valence-electron chi connectivity index (χ2n) is 4.26. The molecule has 1 rings (SSSR count). The zero-order valence-corrected chi connectivity index (χ0v) is 8.84. The Morgan fingerprint density at radius 3 is 2.85 bits per heavy atom. The van der Waals surface area contributed by atoms with Gasteiger partial charge < -0.3 is 5.32 Å². The molecule has 0 saturated carbocycles. The summed E-state index contributed by atoms with van der Waals surface area (Å²) in [5, 5.41) is 3.26. The van der Waals surface area contributed by atoms with Crippen LogP contribution in [0.5, 0.6) is 0 Å². The highest BCUT2D eigenvalue weighted by Crippen LogP contribution is 2.08. The van der Waals surface area contributed by atoms with Crippen LogP contribution >= 0.6 is 0 Å². The molecule has 3 nitrogen and oxygen atoms in total. The predicted molar refractivity (Wildman–Crippen MR) is 53.7 cm³/mol. The summed E-state index contributed by atoms with van der Waals surface area (Å²) in [5.74, 6) is 0.854. The number of hydrogen-bond donors (Lipinski definition) is 1. The van der Waals surface area contributed by atoms with Crippen LogP contribution in [0.25, 0.3) is 0 Å². The molecule has 1 unspecified atom stereocenters. The number of carbonyl (C=O) groups excluding carboxylic acids is 1. The van der Waals surface area contributed by atoms with Gasteiger partial charge in [0, 0.05) is 26.1 Å². The lowest BCUT2D eigenvalue weighted by molar-refractivity contribution is -0.125. The van der Waals surface area contributed by atoms with Crippen LogP contribution in [-0.2, 0) is 4.79 Å². The molecule has 3 heteroatoms. The molecule has 1 atom stereocenters. The molecule has 1 saturated heterocycles. The maximum atomic E-state index is 11.7. The molecule has 76 valence electrons. The predicted octanol–water partition coefficient (Wildman–Crippen LogP) is 0.505. The Morgan fingerprint density at radius 1 is 1.62 bits per heavy atom. The highest BCUT2D eigenvalue weighted by molar-refractivity contribution is 5.84. The Bertz CT molecular complexity index is 180. The second kappa shape index (κ2) is 4.72. The highest BCUT2D eigenvalue weighted by Gasteiger charge is 2.25. The van der Waals surface area contributed by atoms with E-state index in [-0.39, 0.29) is 6.04 Å². The summed E-state index contributed by atoms with van der Waals surface area (Å²) in [7, 11) is 2.03. The number of carbonyl (C=O) groups is 1. The first-order valence-electron chi connectivity index (χ1n) is 5.05. The Labute approximate surface area is 80.5 Å². The Hall–Kier alpha value is -0.410. The highest BCUT2D eigenvalue weighted by atomic mass is 16.1. The Balaban J connectivity index is 2.44. The molecule has 0 bridgehead atoms. The Kier molecular flexibility index (Phi) is 3.88. The minimum Gasteiger partial charge on any atom is -0.313 e. The van der Waals surface area contributed by atoms with Crippen LogP contribution in [-0.4, -0.2) is 43.4 Å². The van der Waals surface area contributed by atoms with Crippen molar-refractivity contribution >= 4 is 5.78 Å². The normalized spacial score (nSPS) is 25.1. The third kappa shape index (κ3) is 3.08. The molecule has 13 heavy (non-hydrogen) atoms. The minimum absolute atomic E-state index is 0.108. The standard InChI is InChI=1S/C10H20N2O/c1-8(2)6-10(13)9-7-11-4-5-12(9)3/h8-9,11H,4-7H2,1-3H3. The first kappa shape index (κ1) is 10.7. The van der Waals surface area contributed by atoms with Crippen molar-refractivity contribution < 1.29 is 4.79 Å². The quantitative estimate of drug-likeness (QED) is 0.693. The fraction of sp³-hybridized carbons (Fsp3) is 0.900. The first-order valence-corrected chi connectivity index (χ1v) is 5.05. The van der Waals surface area contributed by atoms with E-state index in [0.717, 1.165) is 19.6 Å². The molecule has 1 aliphatic heterocycles. The summed E-state index contributed by atoms with van der Waals surface area (Å²) in [6.45, 7) is 6.99. The van der Waals surface area contributed by atoms with Gasteiger partial charge in [0.05, 0.1) is 6.04 Å². The summed E-state index contributed by atoms with van der Waals surface area (Å²) in [6.07, 6.45) is 0.705. The number of ketones is 1. The molecule has 0 amide bonds. The van der Waals surface area contributed by atoms with Crippen molar-refractivity contribution in [3.63, 3.8) is 0 Å². The molecular formula is C10H20N2O. The van der Waals surface area contributed by atoms with Crippen LogP contribution in [0.4, 0.5) is 0 Å². The largest absolute Gasteiger partial charge is 0.313 e. The monoisotopic (exact) mass is 184 g/mol. The molecule has 0 aromatic carbocycles. The SMILES string of the molecule is CC(C)CC(=O)C1CNCCN1C. The summed E-state index contributed by atoms with van der Waals surface area (Å²) in [5.41, 5.74) is 0. The topological polar surface area (TPSA) is 32.3 Å². The number of likely N-dealkylation sites (N-methyl/N-ethyl adjacent to an activating group) is 1. The van der Waals surface area contributed by atoms with Crippen molar-refractivity contribution in [2.75, 3.05) is 26.7 Å². The molecule has 0 aliphatic carbocycles. The van der Waals surface area contributed by atoms with E-state index in [1.165, 1.54) is 0 Å². The van der Waals surface area contributed by atoms with Gasteiger partial charge in [0.2, 0.25) is 0 Å². The smallest absolute Gasteiger partial charge is 0.151 e. The molecule has 0 aromatic rings. The summed E-state index contributed by atoms with van der Waals surface area (Å²) < 4.78 is 0. The molecule has 1 heterocycles. The maximum absolute atomic E-state index is 11.7. The molecule has 1 fully saturated rings. The zero-order chi connectivity index (χ0) is 9.84. The summed E-state index contributed by atoms with van der Waals surface area (Å²) in [6, 6.07) is 0.108. The van der Waals surface area contributed by atoms with E-state index in [2.05, 4.69) is 24.1 Å². The van der Waals surface area contributed by atoms with E-state index in [0.29, 0.717) is 18.1 Å². The molecule has 0 spiro atoms. The first-order chi connectivity index (χ1) is 6.11. The molecule has 0 radical (unpaired) electrons. The molecular weight excluding hydrogens is 164 g/mol. The molecule has 0 aromatic heterocycles. The number of piperazine rings is 1. The van der Waals surface area contributed by atoms with Gasteiger partial charge in [0.1, 0.15) is 0 Å². The number of nitrogens with one attached hydrogen (secondary N) is 1. The van der Waals surface area contributed by atoms with Crippen LogP contribution in [0, 0.1) is 5.92 Å². The zero-order valence-electron chi connectivity index (χ0n) is 8.84. The van der Waals surface area contributed by atoms with Crippen molar-refractivity contribution in [3.8, 4) is 0 Å². The van der Waals surface area contributed by atoms with Crippen LogP contribution in [0.3, 0.4) is 0 Å². The van der Waals surface area contributed by atoms with E-state index >= 15 is 0 Å². The van der Waals surface area contributed by atoms with Gasteiger partial charge >= 0.3 is 0 Å². The molecule has 1 N–H and O–H groups in total. The lowest BCUT2D eigenvalue weighted by Crippen LogP contribution is -2.53. The average Bonchev–Trinajstić information content (AvgIpc) is 2.03. The van der Waals surface area contributed by atoms with E-state index in [9.17, 15) is 4.79 Å². The third-order valence-electron chi connectivity index (χ3n) is 2.49. The van der Waals surface area contributed by atoms with Crippen LogP contribution in [0.15, 0.2) is 0 Å². The van der Waals surface area contributed by atoms with Gasteiger partial charge in [-0.05, 0) is 13.0 Å². The van der Waals surface area contributed by atoms with Crippen LogP contribution in [0.1, 0.15) is 20.3 Å². The number of nitrogens with zero attached hydrogens (tertiary/aromatic N) is 1. The fourth-order valence-corrected chi connectivity index (χ4v) is 1.70. The van der Waals surface area contributed by atoms with E-state index in [4.69, 9.17) is 0 Å². The van der Waals surface area contributed by atoms with Crippen molar-refractivity contribution in [3.05, 3.63) is 0 Å². The van der Waals surface area contributed by atoms with Gasteiger partial charge in [0.25, 0.3) is 0 Å². The van der Waals surface area contributed by atoms with Crippen LogP contribution in [0.2, 0.25) is 0 Å². The van der Waals surface area contributed by atoms with Gasteiger partial charge in [0.15, 0.2) is 5.78 Å². The van der Waals surface area contributed by atoms with Crippen molar-refractivity contribution in [2.45, 2.75) is 26.3 Å².